The van der Waals surface area contributed by atoms with Crippen LogP contribution in [-0.4, -0.2) is 51.5 Å². The lowest BCUT2D eigenvalue weighted by Crippen LogP contribution is -2.52. The van der Waals surface area contributed by atoms with Gasteiger partial charge >= 0.3 is 6.09 Å². The molecule has 0 radical (unpaired) electrons. The second-order valence-electron chi connectivity index (χ2n) is 16.8. The van der Waals surface area contributed by atoms with E-state index < -0.39 is 23.6 Å². The molecule has 0 aliphatic rings. The normalized spacial score (nSPS) is 12.0. The minimum Gasteiger partial charge on any atom is -0.489 e. The molecule has 0 saturated heterocycles. The van der Waals surface area contributed by atoms with Gasteiger partial charge in [-0.15, -0.1) is 0 Å². The van der Waals surface area contributed by atoms with Gasteiger partial charge in [-0.2, -0.15) is 0 Å². The third-order valence-corrected chi connectivity index (χ3v) is 12.0. The Bertz CT molecular complexity index is 2710. The number of imidazole rings is 1. The van der Waals surface area contributed by atoms with Gasteiger partial charge in [0.1, 0.15) is 30.5 Å². The smallest absolute Gasteiger partial charge is 0.408 e. The van der Waals surface area contributed by atoms with Crippen LogP contribution >= 0.6 is 0 Å². The predicted molar refractivity (Wildman–Crippen MR) is 265 cm³/mol. The van der Waals surface area contributed by atoms with E-state index in [0.29, 0.717) is 24.6 Å². The summed E-state index contributed by atoms with van der Waals surface area (Å²) >= 11 is 0. The Morgan fingerprint density at radius 3 is 1.66 bits per heavy atom. The van der Waals surface area contributed by atoms with Crippen molar-refractivity contribution in [1.82, 2.24) is 25.1 Å². The summed E-state index contributed by atoms with van der Waals surface area (Å²) in [6, 6.07) is 66.2. The van der Waals surface area contributed by atoms with E-state index in [4.69, 9.17) is 14.5 Å². The third-order valence-electron chi connectivity index (χ3n) is 12.0. The first-order valence-electron chi connectivity index (χ1n) is 22.9. The average Bonchev–Trinajstić information content (AvgIpc) is 3.87. The molecule has 8 aromatic rings. The molecule has 0 spiro atoms. The van der Waals surface area contributed by atoms with E-state index in [9.17, 15) is 9.59 Å². The van der Waals surface area contributed by atoms with Gasteiger partial charge in [0.2, 0.25) is 11.8 Å². The number of carbonyl (C=O) groups is 3. The van der Waals surface area contributed by atoms with Crippen LogP contribution in [-0.2, 0) is 46.0 Å². The summed E-state index contributed by atoms with van der Waals surface area (Å²) in [5, 5.41) is 5.93. The number of hydrogen-bond donors (Lipinski definition) is 2. The van der Waals surface area contributed by atoms with Crippen molar-refractivity contribution in [1.29, 1.82) is 0 Å². The Morgan fingerprint density at radius 2 is 1.12 bits per heavy atom. The molecular weight excluding hydrogens is 847 g/mol. The Balaban J connectivity index is 1.11. The third kappa shape index (κ3) is 11.8. The number of carbonyl (C=O) groups excluding carboxylic acids is 3. The molecule has 8 rings (SSSR count). The number of aromatic nitrogens is 2. The van der Waals surface area contributed by atoms with Crippen LogP contribution in [0.5, 0.6) is 5.75 Å². The number of nitrogens with one attached hydrogen (secondary N) is 2. The maximum Gasteiger partial charge on any atom is 0.408 e. The number of hydrogen-bond acceptors (Lipinski definition) is 6. The zero-order valence-corrected chi connectivity index (χ0v) is 38.1. The molecule has 0 fully saturated rings. The van der Waals surface area contributed by atoms with Crippen LogP contribution in [0.3, 0.4) is 0 Å². The van der Waals surface area contributed by atoms with Gasteiger partial charge in [0.05, 0.1) is 18.6 Å². The lowest BCUT2D eigenvalue weighted by atomic mass is 9.77. The van der Waals surface area contributed by atoms with E-state index in [1.165, 1.54) is 4.90 Å². The minimum atomic E-state index is -1.18. The van der Waals surface area contributed by atoms with Gasteiger partial charge in [-0.05, 0) is 57.0 Å². The van der Waals surface area contributed by atoms with Crippen molar-refractivity contribution in [2.75, 3.05) is 13.1 Å². The molecule has 2 atom stereocenters. The van der Waals surface area contributed by atoms with E-state index in [1.807, 2.05) is 183 Å². The first kappa shape index (κ1) is 46.3. The first-order chi connectivity index (χ1) is 33.3. The average molecular weight is 902 g/mol. The SMILES string of the molecule is C[C@H](CNC(=O)CN(Cc1ccc(OCc2ccccc2)cc1)C(=O)[C@H](Cc1cn(C(c2ccccc2)(c2ccccc2)c2ccccc2)cn1)NC(=O)OCc1ccccc1)c1ccccc1. The fourth-order valence-electron chi connectivity index (χ4n) is 8.43. The molecule has 10 nitrogen and oxygen atoms in total. The van der Waals surface area contributed by atoms with E-state index in [1.54, 1.807) is 6.33 Å². The van der Waals surface area contributed by atoms with Gasteiger partial charge in [-0.3, -0.25) is 9.59 Å². The maximum absolute atomic E-state index is 15.2. The molecule has 0 bridgehead atoms. The molecule has 2 N–H and O–H groups in total. The van der Waals surface area contributed by atoms with Crippen molar-refractivity contribution in [3.05, 3.63) is 263 Å². The molecule has 0 saturated carbocycles. The highest BCUT2D eigenvalue weighted by molar-refractivity contribution is 5.89. The number of alkyl carbamates (subject to hydrolysis) is 1. The van der Waals surface area contributed by atoms with Crippen molar-refractivity contribution in [2.24, 2.45) is 0 Å². The highest BCUT2D eigenvalue weighted by atomic mass is 16.5. The van der Waals surface area contributed by atoms with Crippen LogP contribution in [0.1, 0.15) is 57.5 Å². The van der Waals surface area contributed by atoms with Gasteiger partial charge in [0.15, 0.2) is 0 Å². The largest absolute Gasteiger partial charge is 0.489 e. The highest BCUT2D eigenvalue weighted by Gasteiger charge is 2.39. The van der Waals surface area contributed by atoms with Crippen LogP contribution in [0.4, 0.5) is 4.79 Å². The summed E-state index contributed by atoms with van der Waals surface area (Å²) in [6.07, 6.45) is 2.93. The molecule has 68 heavy (non-hydrogen) atoms. The lowest BCUT2D eigenvalue weighted by molar-refractivity contribution is -0.138. The van der Waals surface area contributed by atoms with E-state index >= 15 is 4.79 Å². The Morgan fingerprint density at radius 1 is 0.618 bits per heavy atom. The van der Waals surface area contributed by atoms with Crippen molar-refractivity contribution in [3.63, 3.8) is 0 Å². The minimum absolute atomic E-state index is 0.000366. The number of benzene rings is 7. The van der Waals surface area contributed by atoms with E-state index in [2.05, 4.69) is 51.6 Å². The number of ether oxygens (including phenoxy) is 2. The monoisotopic (exact) mass is 901 g/mol. The number of amides is 3. The quantitative estimate of drug-likeness (QED) is 0.0737. The van der Waals surface area contributed by atoms with Gasteiger partial charge in [-0.1, -0.05) is 201 Å². The van der Waals surface area contributed by atoms with Gasteiger partial charge in [0.25, 0.3) is 0 Å². The lowest BCUT2D eigenvalue weighted by Gasteiger charge is -2.37. The Labute approximate surface area is 398 Å². The highest BCUT2D eigenvalue weighted by Crippen LogP contribution is 2.41. The zero-order valence-electron chi connectivity index (χ0n) is 38.1. The summed E-state index contributed by atoms with van der Waals surface area (Å²) in [7, 11) is 0. The van der Waals surface area contributed by atoms with Crippen LogP contribution in [0.15, 0.2) is 219 Å². The number of nitrogens with zero attached hydrogens (tertiary/aromatic N) is 3. The molecule has 0 aliphatic carbocycles. The first-order valence-corrected chi connectivity index (χ1v) is 22.9. The van der Waals surface area contributed by atoms with E-state index in [-0.39, 0.29) is 37.9 Å². The van der Waals surface area contributed by atoms with Crippen molar-refractivity contribution < 1.29 is 23.9 Å². The number of rotatable bonds is 20. The topological polar surface area (TPSA) is 115 Å². The fourth-order valence-corrected chi connectivity index (χ4v) is 8.43. The van der Waals surface area contributed by atoms with Crippen molar-refractivity contribution in [2.45, 2.75) is 50.6 Å². The van der Waals surface area contributed by atoms with Crippen LogP contribution < -0.4 is 15.4 Å². The molecule has 0 unspecified atom stereocenters. The van der Waals surface area contributed by atoms with Crippen LogP contribution in [0, 0.1) is 0 Å². The van der Waals surface area contributed by atoms with E-state index in [0.717, 1.165) is 38.9 Å². The van der Waals surface area contributed by atoms with Gasteiger partial charge in [0, 0.05) is 25.7 Å². The Hall–Kier alpha value is -8.24. The summed E-state index contributed by atoms with van der Waals surface area (Å²) in [6.45, 7) is 2.62. The predicted octanol–water partition coefficient (Wildman–Crippen LogP) is 10.1. The molecule has 10 heteroatoms. The summed E-state index contributed by atoms with van der Waals surface area (Å²) < 4.78 is 13.8. The second kappa shape index (κ2) is 22.8. The molecule has 7 aromatic carbocycles. The molecule has 1 heterocycles. The van der Waals surface area contributed by atoms with Crippen molar-refractivity contribution >= 4 is 17.9 Å². The van der Waals surface area contributed by atoms with Crippen LogP contribution in [0.2, 0.25) is 0 Å². The van der Waals surface area contributed by atoms with Crippen molar-refractivity contribution in [3.8, 4) is 5.75 Å². The standard InChI is InChI=1S/C58H55N5O5/c1-44(48-24-12-4-13-25-48)37-59-55(64)40-62(38-45-32-34-53(35-33-45)67-41-46-20-8-2-9-21-46)56(65)54(61-57(66)68-42-47-22-10-3-11-23-47)36-52-39-63(43-60-52)58(49-26-14-5-15-27-49,50-28-16-6-17-29-50)51-30-18-7-19-31-51/h2-35,39,43-44,54H,36-38,40-42H2,1H3,(H,59,64)(H,61,66)/t44-,54+/m1/s1. The Kier molecular flexibility index (Phi) is 15.5. The molecular formula is C58H55N5O5. The molecule has 3 amide bonds. The van der Waals surface area contributed by atoms with Gasteiger partial charge in [-0.25, -0.2) is 9.78 Å². The zero-order chi connectivity index (χ0) is 47.0. The molecule has 342 valence electrons. The maximum atomic E-state index is 15.2. The summed E-state index contributed by atoms with van der Waals surface area (Å²) in [4.78, 5) is 49.2. The van der Waals surface area contributed by atoms with Crippen LogP contribution in [0.25, 0.3) is 0 Å². The second-order valence-corrected chi connectivity index (χ2v) is 16.8. The fraction of sp³-hybridized carbons (Fsp3) is 0.172. The molecule has 0 aliphatic heterocycles. The summed E-state index contributed by atoms with van der Waals surface area (Å²) in [5.41, 5.74) is 6.40. The molecule has 1 aromatic heterocycles. The van der Waals surface area contributed by atoms with Gasteiger partial charge < -0.3 is 29.6 Å². The summed E-state index contributed by atoms with van der Waals surface area (Å²) in [5.74, 6) is -0.118.